The van der Waals surface area contributed by atoms with E-state index in [0.717, 1.165) is 5.06 Å². The minimum atomic E-state index is -5.02. The van der Waals surface area contributed by atoms with E-state index in [1.54, 1.807) is 0 Å². The molecule has 0 spiro atoms. The number of hydrogen-bond acceptors (Lipinski definition) is 8. The summed E-state index contributed by atoms with van der Waals surface area (Å²) >= 11 is 0. The Labute approximate surface area is 223 Å². The van der Waals surface area contributed by atoms with Gasteiger partial charge in [0.05, 0.1) is 36.1 Å². The van der Waals surface area contributed by atoms with Crippen LogP contribution >= 0.6 is 0 Å². The maximum Gasteiger partial charge on any atom is 0.416 e. The molecule has 0 amide bonds. The van der Waals surface area contributed by atoms with Crippen LogP contribution in [0.1, 0.15) is 41.3 Å². The van der Waals surface area contributed by atoms with Crippen molar-refractivity contribution in [2.75, 3.05) is 26.7 Å². The predicted molar refractivity (Wildman–Crippen MR) is 126 cm³/mol. The van der Waals surface area contributed by atoms with E-state index in [9.17, 15) is 35.9 Å². The second kappa shape index (κ2) is 11.6. The van der Waals surface area contributed by atoms with E-state index in [4.69, 9.17) is 9.47 Å². The van der Waals surface area contributed by atoms with Crippen molar-refractivity contribution in [3.63, 3.8) is 0 Å². The summed E-state index contributed by atoms with van der Waals surface area (Å²) in [5.74, 6) is -0.518. The molecular weight excluding hydrogens is 551 g/mol. The molecule has 8 nitrogen and oxygen atoms in total. The van der Waals surface area contributed by atoms with Crippen molar-refractivity contribution < 1.29 is 45.4 Å². The Kier molecular flexibility index (Phi) is 8.58. The summed E-state index contributed by atoms with van der Waals surface area (Å²) < 4.78 is 106. The lowest BCUT2D eigenvalue weighted by molar-refractivity contribution is -0.227. The van der Waals surface area contributed by atoms with E-state index in [2.05, 4.69) is 15.4 Å². The normalized spacial score (nSPS) is 22.1. The molecular formula is C25H24F7N5O3. The first kappa shape index (κ1) is 29.6. The van der Waals surface area contributed by atoms with Gasteiger partial charge < -0.3 is 9.47 Å². The Bertz CT molecular complexity index is 1260. The lowest BCUT2D eigenvalue weighted by Gasteiger charge is -2.42. The fraction of sp³-hybridized carbons (Fsp3) is 0.400. The van der Waals surface area contributed by atoms with Crippen LogP contribution in [-0.4, -0.2) is 53.9 Å². The van der Waals surface area contributed by atoms with Gasteiger partial charge in [0.15, 0.2) is 6.29 Å². The third-order valence-corrected chi connectivity index (χ3v) is 6.22. The van der Waals surface area contributed by atoms with Gasteiger partial charge in [-0.15, -0.1) is 10.2 Å². The number of nitrogens with zero attached hydrogens (tertiary/aromatic N) is 5. The average molecular weight is 575 g/mol. The second-order valence-electron chi connectivity index (χ2n) is 9.15. The van der Waals surface area contributed by atoms with Crippen LogP contribution in [0.4, 0.5) is 30.7 Å². The Hall–Kier alpha value is -3.40. The molecule has 2 aliphatic rings. The van der Waals surface area contributed by atoms with Crippen molar-refractivity contribution in [1.82, 2.24) is 9.96 Å². The van der Waals surface area contributed by atoms with Gasteiger partial charge >= 0.3 is 12.4 Å². The van der Waals surface area contributed by atoms with Crippen LogP contribution in [0.2, 0.25) is 0 Å². The number of halogens is 7. The Morgan fingerprint density at radius 3 is 2.30 bits per heavy atom. The van der Waals surface area contributed by atoms with Crippen molar-refractivity contribution in [1.29, 1.82) is 0 Å². The van der Waals surface area contributed by atoms with E-state index < -0.39 is 47.7 Å². The van der Waals surface area contributed by atoms with E-state index in [1.807, 2.05) is 4.90 Å². The standard InChI is InChI=1S/C25H24F7N5O3/c1-14(16-9-17(24(27,28)29)11-18(10-16)25(30,31)32)40-23-22(15-3-5-19(26)6-4-15)37(7-8-39-23)13-21-20(12-36(2)38)33-35-34-21/h3-6,9-12,14,22-23,38H,7-8,13H2,1-2H3/b20-12+/t14-,22+,23-/m1/s1. The molecule has 1 saturated heterocycles. The van der Waals surface area contributed by atoms with Gasteiger partial charge in [-0.25, -0.2) is 4.39 Å². The van der Waals surface area contributed by atoms with Crippen molar-refractivity contribution in [2.45, 2.75) is 37.7 Å². The van der Waals surface area contributed by atoms with E-state index in [0.29, 0.717) is 30.0 Å². The monoisotopic (exact) mass is 575 g/mol. The van der Waals surface area contributed by atoms with Crippen molar-refractivity contribution >= 4 is 5.71 Å². The van der Waals surface area contributed by atoms with Gasteiger partial charge in [-0.05, 0) is 53.6 Å². The molecule has 0 radical (unpaired) electrons. The number of hydrogen-bond donors (Lipinski definition) is 1. The maximum absolute atomic E-state index is 13.7. The summed E-state index contributed by atoms with van der Waals surface area (Å²) in [7, 11) is 1.36. The minimum absolute atomic E-state index is 0.0454. The summed E-state index contributed by atoms with van der Waals surface area (Å²) in [6.45, 7) is 1.82. The van der Waals surface area contributed by atoms with Crippen molar-refractivity contribution in [3.05, 3.63) is 82.4 Å². The molecule has 0 aliphatic carbocycles. The fourth-order valence-corrected chi connectivity index (χ4v) is 4.32. The van der Waals surface area contributed by atoms with Gasteiger partial charge in [0.1, 0.15) is 17.2 Å². The van der Waals surface area contributed by atoms with Gasteiger partial charge in [0, 0.05) is 20.1 Å². The first-order chi connectivity index (χ1) is 18.7. The van der Waals surface area contributed by atoms with E-state index >= 15 is 0 Å². The van der Waals surface area contributed by atoms with Crippen LogP contribution in [0.3, 0.4) is 0 Å². The quantitative estimate of drug-likeness (QED) is 0.309. The van der Waals surface area contributed by atoms with Crippen LogP contribution < -0.4 is 0 Å². The molecule has 0 unspecified atom stereocenters. The summed E-state index contributed by atoms with van der Waals surface area (Å²) in [6.07, 6.45) is -11.2. The molecule has 1 N–H and O–H groups in total. The molecule has 0 bridgehead atoms. The number of ether oxygens (including phenoxy) is 2. The molecule has 40 heavy (non-hydrogen) atoms. The summed E-state index contributed by atoms with van der Waals surface area (Å²) in [5.41, 5.74) is -2.13. The van der Waals surface area contributed by atoms with E-state index in [1.165, 1.54) is 44.4 Å². The largest absolute Gasteiger partial charge is 0.416 e. The smallest absolute Gasteiger partial charge is 0.349 e. The molecule has 3 atom stereocenters. The third kappa shape index (κ3) is 7.02. The molecule has 216 valence electrons. The van der Waals surface area contributed by atoms with Crippen LogP contribution in [0, 0.1) is 5.82 Å². The number of benzene rings is 2. The molecule has 2 aromatic carbocycles. The predicted octanol–water partition coefficient (Wildman–Crippen LogP) is 6.32. The molecule has 15 heteroatoms. The molecule has 0 aromatic heterocycles. The molecule has 2 aromatic rings. The average Bonchev–Trinajstić information content (AvgIpc) is 3.29. The first-order valence-corrected chi connectivity index (χ1v) is 11.9. The topological polar surface area (TPSA) is 82.2 Å². The zero-order chi connectivity index (χ0) is 29.2. The Morgan fingerprint density at radius 1 is 1.10 bits per heavy atom. The van der Waals surface area contributed by atoms with Crippen LogP contribution in [-0.2, 0) is 21.8 Å². The molecule has 2 aliphatic heterocycles. The maximum atomic E-state index is 13.7. The number of alkyl halides is 6. The van der Waals surface area contributed by atoms with E-state index in [-0.39, 0.29) is 30.5 Å². The number of hydroxylamine groups is 2. The molecule has 4 rings (SSSR count). The minimum Gasteiger partial charge on any atom is -0.349 e. The van der Waals surface area contributed by atoms with Gasteiger partial charge in [0.2, 0.25) is 0 Å². The van der Waals surface area contributed by atoms with Crippen LogP contribution in [0.5, 0.6) is 0 Å². The lowest BCUT2D eigenvalue weighted by Crippen LogP contribution is -2.48. The SMILES string of the molecule is C[C@@H](O[C@H]1OCCN(CC2=NN=N/C2=C/N(C)O)[C@H]1c1ccc(F)cc1)c1cc(C(F)(F)F)cc(C(F)(F)F)c1. The zero-order valence-corrected chi connectivity index (χ0v) is 21.1. The second-order valence-corrected chi connectivity index (χ2v) is 9.15. The zero-order valence-electron chi connectivity index (χ0n) is 21.1. The van der Waals surface area contributed by atoms with Gasteiger partial charge in [-0.1, -0.05) is 12.1 Å². The fourth-order valence-electron chi connectivity index (χ4n) is 4.32. The first-order valence-electron chi connectivity index (χ1n) is 11.9. The lowest BCUT2D eigenvalue weighted by atomic mass is 10.0. The highest BCUT2D eigenvalue weighted by Crippen LogP contribution is 2.39. The summed E-state index contributed by atoms with van der Waals surface area (Å²) in [4.78, 5) is 1.82. The Balaban J connectivity index is 1.66. The summed E-state index contributed by atoms with van der Waals surface area (Å²) in [6, 6.07) is 5.82. The van der Waals surface area contributed by atoms with Crippen molar-refractivity contribution in [3.8, 4) is 0 Å². The molecule has 1 fully saturated rings. The summed E-state index contributed by atoms with van der Waals surface area (Å²) in [5, 5.41) is 21.8. The van der Waals surface area contributed by atoms with Crippen molar-refractivity contribution in [2.24, 2.45) is 15.4 Å². The highest BCUT2D eigenvalue weighted by Gasteiger charge is 2.40. The number of rotatable bonds is 7. The highest BCUT2D eigenvalue weighted by molar-refractivity contribution is 6.01. The van der Waals surface area contributed by atoms with Gasteiger partial charge in [-0.2, -0.15) is 26.3 Å². The number of morpholine rings is 1. The van der Waals surface area contributed by atoms with Crippen LogP contribution in [0.25, 0.3) is 0 Å². The molecule has 2 heterocycles. The van der Waals surface area contributed by atoms with Gasteiger partial charge in [0.25, 0.3) is 0 Å². The van der Waals surface area contributed by atoms with Crippen LogP contribution in [0.15, 0.2) is 69.8 Å². The third-order valence-electron chi connectivity index (χ3n) is 6.22. The molecule has 0 saturated carbocycles. The highest BCUT2D eigenvalue weighted by atomic mass is 19.4. The Morgan fingerprint density at radius 2 is 1.73 bits per heavy atom. The van der Waals surface area contributed by atoms with Gasteiger partial charge in [-0.3, -0.25) is 15.2 Å².